The van der Waals surface area contributed by atoms with Gasteiger partial charge in [-0.15, -0.1) is 0 Å². The van der Waals surface area contributed by atoms with Crippen LogP contribution in [0.15, 0.2) is 59.5 Å². The van der Waals surface area contributed by atoms with Gasteiger partial charge in [0.2, 0.25) is 5.91 Å². The summed E-state index contributed by atoms with van der Waals surface area (Å²) in [6.07, 6.45) is -10.0. The average molecular weight is 533 g/mol. The number of pyridine rings is 1. The van der Waals surface area contributed by atoms with E-state index < -0.39 is 44.6 Å². The molecule has 0 aliphatic carbocycles. The number of amides is 2. The first-order valence-corrected chi connectivity index (χ1v) is 11.6. The van der Waals surface area contributed by atoms with Gasteiger partial charge >= 0.3 is 18.3 Å². The van der Waals surface area contributed by atoms with Gasteiger partial charge in [0.05, 0.1) is 21.7 Å². The van der Waals surface area contributed by atoms with E-state index in [1.54, 1.807) is 18.2 Å². The molecule has 36 heavy (non-hydrogen) atoms. The predicted octanol–water partition coefficient (Wildman–Crippen LogP) is 4.58. The van der Waals surface area contributed by atoms with Crippen LogP contribution in [-0.2, 0) is 32.2 Å². The summed E-state index contributed by atoms with van der Waals surface area (Å²) in [5.74, 6) is -3.47. The molecule has 0 spiro atoms. The number of aromatic nitrogens is 1. The molecule has 7 nitrogen and oxygen atoms in total. The number of benzene rings is 2. The quantitative estimate of drug-likeness (QED) is 0.433. The monoisotopic (exact) mass is 533 g/mol. The third-order valence-corrected chi connectivity index (χ3v) is 6.24. The van der Waals surface area contributed by atoms with Gasteiger partial charge in [0.1, 0.15) is 0 Å². The lowest BCUT2D eigenvalue weighted by Crippen LogP contribution is -2.40. The van der Waals surface area contributed by atoms with Crippen molar-refractivity contribution in [1.29, 1.82) is 0 Å². The molecule has 0 atom stereocenters. The molecule has 192 valence electrons. The highest BCUT2D eigenvalue weighted by Crippen LogP contribution is 2.30. The minimum absolute atomic E-state index is 0.0442. The molecule has 0 fully saturated rings. The van der Waals surface area contributed by atoms with E-state index >= 15 is 0 Å². The van der Waals surface area contributed by atoms with E-state index in [-0.39, 0.29) is 30.5 Å². The van der Waals surface area contributed by atoms with E-state index in [0.29, 0.717) is 23.2 Å². The first-order chi connectivity index (χ1) is 16.7. The summed E-state index contributed by atoms with van der Waals surface area (Å²) < 4.78 is 103. The van der Waals surface area contributed by atoms with Crippen molar-refractivity contribution >= 4 is 38.4 Å². The van der Waals surface area contributed by atoms with Gasteiger partial charge in [0.25, 0.3) is 10.0 Å². The zero-order valence-electron chi connectivity index (χ0n) is 18.1. The van der Waals surface area contributed by atoms with Crippen LogP contribution in [0.5, 0.6) is 0 Å². The zero-order chi connectivity index (χ0) is 26.7. The van der Waals surface area contributed by atoms with Crippen LogP contribution in [0, 0.1) is 0 Å². The summed E-state index contributed by atoms with van der Waals surface area (Å²) in [5.41, 5.74) is -0.363. The molecule has 0 aliphatic rings. The van der Waals surface area contributed by atoms with E-state index in [4.69, 9.17) is 0 Å². The molecule has 0 unspecified atom stereocenters. The number of alkyl halides is 6. The molecule has 14 heteroatoms. The lowest BCUT2D eigenvalue weighted by Gasteiger charge is -2.12. The molecule has 2 amide bonds. The first-order valence-electron chi connectivity index (χ1n) is 10.2. The van der Waals surface area contributed by atoms with Crippen LogP contribution in [0.25, 0.3) is 10.9 Å². The number of nitrogens with zero attached hydrogens (tertiary/aromatic N) is 1. The Morgan fingerprint density at radius 3 is 2.17 bits per heavy atom. The van der Waals surface area contributed by atoms with E-state index in [2.05, 4.69) is 9.71 Å². The molecule has 2 aromatic carbocycles. The molecule has 1 aromatic heterocycles. The Hall–Kier alpha value is -3.68. The highest BCUT2D eigenvalue weighted by molar-refractivity contribution is 7.92. The average Bonchev–Trinajstić information content (AvgIpc) is 2.78. The number of sulfonamides is 1. The van der Waals surface area contributed by atoms with Crippen molar-refractivity contribution in [1.82, 2.24) is 10.3 Å². The van der Waals surface area contributed by atoms with E-state index in [9.17, 15) is 44.3 Å². The Labute approximate surface area is 200 Å². The molecular formula is C22H17F6N3O4S. The molecular weight excluding hydrogens is 516 g/mol. The van der Waals surface area contributed by atoms with Gasteiger partial charge in [0.15, 0.2) is 0 Å². The fourth-order valence-electron chi connectivity index (χ4n) is 3.13. The predicted molar refractivity (Wildman–Crippen MR) is 116 cm³/mol. The third-order valence-electron chi connectivity index (χ3n) is 4.86. The normalized spacial score (nSPS) is 12.4. The Morgan fingerprint density at radius 2 is 1.56 bits per heavy atom. The summed E-state index contributed by atoms with van der Waals surface area (Å²) in [5, 5.41) is 1.76. The van der Waals surface area contributed by atoms with Crippen molar-refractivity contribution in [2.75, 3.05) is 4.72 Å². The number of anilines is 1. The van der Waals surface area contributed by atoms with Gasteiger partial charge < -0.3 is 0 Å². The van der Waals surface area contributed by atoms with Crippen molar-refractivity contribution in [3.63, 3.8) is 0 Å². The fourth-order valence-corrected chi connectivity index (χ4v) is 4.19. The summed E-state index contributed by atoms with van der Waals surface area (Å²) in [6, 6.07) is 10.7. The standard InChI is InChI=1S/C22H17F6N3O4S/c23-21(24,25)14-8-11-16(12-9-14)36(34,35)31-17-5-1-3-13-7-10-15(29-19(13)17)4-2-6-18(32)30-20(33)22(26,27)28/h1,3,5,7-12,31H,2,4,6H2,(H,30,32,33). The van der Waals surface area contributed by atoms with Crippen LogP contribution in [0.1, 0.15) is 24.1 Å². The smallest absolute Gasteiger partial charge is 0.289 e. The van der Waals surface area contributed by atoms with Crippen LogP contribution < -0.4 is 10.0 Å². The second kappa shape index (κ2) is 10.1. The summed E-state index contributed by atoms with van der Waals surface area (Å²) in [6.45, 7) is 0. The zero-order valence-corrected chi connectivity index (χ0v) is 18.9. The van der Waals surface area contributed by atoms with Crippen molar-refractivity contribution in [2.24, 2.45) is 0 Å². The van der Waals surface area contributed by atoms with E-state index in [1.807, 2.05) is 0 Å². The van der Waals surface area contributed by atoms with E-state index in [1.165, 1.54) is 17.4 Å². The van der Waals surface area contributed by atoms with Gasteiger partial charge in [-0.3, -0.25) is 24.6 Å². The topological polar surface area (TPSA) is 105 Å². The second-order valence-corrected chi connectivity index (χ2v) is 9.22. The Balaban J connectivity index is 1.74. The number of carbonyl (C=O) groups is 2. The van der Waals surface area contributed by atoms with Crippen LogP contribution in [-0.4, -0.2) is 31.4 Å². The van der Waals surface area contributed by atoms with Crippen LogP contribution in [0.3, 0.4) is 0 Å². The van der Waals surface area contributed by atoms with Crippen molar-refractivity contribution in [2.45, 2.75) is 36.5 Å². The second-order valence-electron chi connectivity index (χ2n) is 7.54. The Morgan fingerprint density at radius 1 is 0.889 bits per heavy atom. The van der Waals surface area contributed by atoms with Crippen LogP contribution in [0.4, 0.5) is 32.0 Å². The lowest BCUT2D eigenvalue weighted by molar-refractivity contribution is -0.174. The number of hydrogen-bond donors (Lipinski definition) is 2. The number of rotatable bonds is 7. The van der Waals surface area contributed by atoms with E-state index in [0.717, 1.165) is 12.1 Å². The Bertz CT molecular complexity index is 1390. The number of para-hydroxylation sites is 1. The molecule has 0 saturated carbocycles. The molecule has 2 N–H and O–H groups in total. The van der Waals surface area contributed by atoms with Gasteiger partial charge in [0, 0.05) is 17.5 Å². The molecule has 0 bridgehead atoms. The molecule has 0 saturated heterocycles. The van der Waals surface area contributed by atoms with Gasteiger partial charge in [-0.05, 0) is 49.2 Å². The molecule has 1 heterocycles. The van der Waals surface area contributed by atoms with Gasteiger partial charge in [-0.1, -0.05) is 18.2 Å². The van der Waals surface area contributed by atoms with Crippen LogP contribution in [0.2, 0.25) is 0 Å². The highest BCUT2D eigenvalue weighted by atomic mass is 32.2. The summed E-state index contributed by atoms with van der Waals surface area (Å²) >= 11 is 0. The maximum Gasteiger partial charge on any atom is 0.471 e. The first kappa shape index (κ1) is 26.9. The largest absolute Gasteiger partial charge is 0.471 e. The highest BCUT2D eigenvalue weighted by Gasteiger charge is 2.39. The maximum absolute atomic E-state index is 12.8. The van der Waals surface area contributed by atoms with Gasteiger partial charge in [-0.2, -0.15) is 26.3 Å². The number of hydrogen-bond acceptors (Lipinski definition) is 5. The maximum atomic E-state index is 12.8. The van der Waals surface area contributed by atoms with Crippen LogP contribution >= 0.6 is 0 Å². The number of imide groups is 1. The molecule has 3 aromatic rings. The molecule has 0 radical (unpaired) electrons. The van der Waals surface area contributed by atoms with Crippen molar-refractivity contribution < 1.29 is 44.3 Å². The minimum atomic E-state index is -5.18. The number of fused-ring (bicyclic) bond motifs is 1. The number of halogens is 6. The number of nitrogens with one attached hydrogen (secondary N) is 2. The fraction of sp³-hybridized carbons (Fsp3) is 0.227. The number of aryl methyl sites for hydroxylation is 1. The third kappa shape index (κ3) is 6.71. The van der Waals surface area contributed by atoms with Gasteiger partial charge in [-0.25, -0.2) is 8.42 Å². The molecule has 0 aliphatic heterocycles. The summed E-state index contributed by atoms with van der Waals surface area (Å²) in [4.78, 5) is 26.3. The van der Waals surface area contributed by atoms with Crippen molar-refractivity contribution in [3.8, 4) is 0 Å². The minimum Gasteiger partial charge on any atom is -0.289 e. The summed E-state index contributed by atoms with van der Waals surface area (Å²) in [7, 11) is -4.27. The van der Waals surface area contributed by atoms with Crippen molar-refractivity contribution in [3.05, 3.63) is 65.9 Å². The molecule has 3 rings (SSSR count). The number of carbonyl (C=O) groups excluding carboxylic acids is 2. The SMILES string of the molecule is O=C(CCCc1ccc2cccc(NS(=O)(=O)c3ccc(C(F)(F)F)cc3)c2n1)NC(=O)C(F)(F)F. The lowest BCUT2D eigenvalue weighted by atomic mass is 10.1. The Kier molecular flexibility index (Phi) is 7.57.